The van der Waals surface area contributed by atoms with Crippen molar-refractivity contribution in [3.05, 3.63) is 29.8 Å². The van der Waals surface area contributed by atoms with Gasteiger partial charge in [-0.15, -0.1) is 0 Å². The molecule has 0 aromatic heterocycles. The van der Waals surface area contributed by atoms with Crippen LogP contribution in [0.25, 0.3) is 0 Å². The molecule has 3 heteroatoms. The molecule has 1 aromatic carbocycles. The Morgan fingerprint density at radius 3 is 3.06 bits per heavy atom. The molecule has 0 aliphatic carbocycles. The Bertz CT molecular complexity index is 417. The van der Waals surface area contributed by atoms with Crippen molar-refractivity contribution in [2.24, 2.45) is 5.92 Å². The Labute approximate surface area is 109 Å². The summed E-state index contributed by atoms with van der Waals surface area (Å²) in [7, 11) is 0. The number of amides is 1. The SMILES string of the molecule is CC(=O)N1CCCC(COc2cccc(C)c2)C1. The maximum Gasteiger partial charge on any atom is 0.219 e. The molecule has 98 valence electrons. The highest BCUT2D eigenvalue weighted by Gasteiger charge is 2.21. The molecule has 1 unspecified atom stereocenters. The number of ether oxygens (including phenoxy) is 1. The number of carbonyl (C=O) groups is 1. The summed E-state index contributed by atoms with van der Waals surface area (Å²) < 4.78 is 5.82. The second-order valence-corrected chi connectivity index (χ2v) is 5.10. The van der Waals surface area contributed by atoms with Crippen LogP contribution in [0, 0.1) is 12.8 Å². The van der Waals surface area contributed by atoms with E-state index in [4.69, 9.17) is 4.74 Å². The summed E-state index contributed by atoms with van der Waals surface area (Å²) in [4.78, 5) is 13.3. The lowest BCUT2D eigenvalue weighted by molar-refractivity contribution is -0.130. The Balaban J connectivity index is 1.84. The van der Waals surface area contributed by atoms with Crippen molar-refractivity contribution in [1.29, 1.82) is 0 Å². The van der Waals surface area contributed by atoms with Crippen molar-refractivity contribution in [3.8, 4) is 5.75 Å². The van der Waals surface area contributed by atoms with Crippen LogP contribution in [0.4, 0.5) is 0 Å². The van der Waals surface area contributed by atoms with Crippen LogP contribution in [-0.2, 0) is 4.79 Å². The van der Waals surface area contributed by atoms with E-state index in [1.807, 2.05) is 23.1 Å². The zero-order chi connectivity index (χ0) is 13.0. The van der Waals surface area contributed by atoms with Crippen molar-refractivity contribution >= 4 is 5.91 Å². The van der Waals surface area contributed by atoms with Gasteiger partial charge in [0.1, 0.15) is 5.75 Å². The Hall–Kier alpha value is -1.51. The third kappa shape index (κ3) is 3.49. The monoisotopic (exact) mass is 247 g/mol. The predicted octanol–water partition coefficient (Wildman–Crippen LogP) is 2.63. The van der Waals surface area contributed by atoms with Crippen molar-refractivity contribution in [2.75, 3.05) is 19.7 Å². The van der Waals surface area contributed by atoms with Gasteiger partial charge in [-0.2, -0.15) is 0 Å². The molecule has 18 heavy (non-hydrogen) atoms. The van der Waals surface area contributed by atoms with Gasteiger partial charge in [-0.25, -0.2) is 0 Å². The number of aryl methyl sites for hydroxylation is 1. The molecule has 0 N–H and O–H groups in total. The molecule has 0 saturated carbocycles. The summed E-state index contributed by atoms with van der Waals surface area (Å²) in [6.07, 6.45) is 2.23. The van der Waals surface area contributed by atoms with Gasteiger partial charge in [0.25, 0.3) is 0 Å². The third-order valence-electron chi connectivity index (χ3n) is 3.44. The molecule has 0 bridgehead atoms. The maximum atomic E-state index is 11.3. The molecule has 1 atom stereocenters. The van der Waals surface area contributed by atoms with E-state index in [9.17, 15) is 4.79 Å². The van der Waals surface area contributed by atoms with Crippen LogP contribution >= 0.6 is 0 Å². The van der Waals surface area contributed by atoms with Crippen molar-refractivity contribution in [1.82, 2.24) is 4.90 Å². The minimum absolute atomic E-state index is 0.176. The number of likely N-dealkylation sites (tertiary alicyclic amines) is 1. The van der Waals surface area contributed by atoms with E-state index in [0.29, 0.717) is 12.5 Å². The minimum atomic E-state index is 0.176. The molecule has 1 aromatic rings. The highest BCUT2D eigenvalue weighted by Crippen LogP contribution is 2.19. The van der Waals surface area contributed by atoms with E-state index in [2.05, 4.69) is 13.0 Å². The van der Waals surface area contributed by atoms with Gasteiger partial charge >= 0.3 is 0 Å². The second-order valence-electron chi connectivity index (χ2n) is 5.10. The van der Waals surface area contributed by atoms with Gasteiger partial charge in [-0.1, -0.05) is 12.1 Å². The Kier molecular flexibility index (Phi) is 4.24. The van der Waals surface area contributed by atoms with Crippen LogP contribution in [0.15, 0.2) is 24.3 Å². The standard InChI is InChI=1S/C15H21NO2/c1-12-5-3-7-15(9-12)18-11-14-6-4-8-16(10-14)13(2)17/h3,5,7,9,14H,4,6,8,10-11H2,1-2H3. The van der Waals surface area contributed by atoms with E-state index in [-0.39, 0.29) is 5.91 Å². The zero-order valence-electron chi connectivity index (χ0n) is 11.2. The van der Waals surface area contributed by atoms with Crippen LogP contribution in [0.1, 0.15) is 25.3 Å². The zero-order valence-corrected chi connectivity index (χ0v) is 11.2. The van der Waals surface area contributed by atoms with Gasteiger partial charge in [-0.3, -0.25) is 4.79 Å². The molecule has 1 aliphatic heterocycles. The molecule has 1 saturated heterocycles. The molecular weight excluding hydrogens is 226 g/mol. The first kappa shape index (κ1) is 12.9. The van der Waals surface area contributed by atoms with Crippen molar-refractivity contribution < 1.29 is 9.53 Å². The second kappa shape index (κ2) is 5.89. The molecule has 0 radical (unpaired) electrons. The Morgan fingerprint density at radius 1 is 1.50 bits per heavy atom. The van der Waals surface area contributed by atoms with Crippen LogP contribution in [0.2, 0.25) is 0 Å². The molecule has 1 aliphatic rings. The fraction of sp³-hybridized carbons (Fsp3) is 0.533. The van der Waals surface area contributed by atoms with E-state index in [0.717, 1.165) is 31.7 Å². The van der Waals surface area contributed by atoms with Crippen molar-refractivity contribution in [2.45, 2.75) is 26.7 Å². The molecule has 2 rings (SSSR count). The van der Waals surface area contributed by atoms with Crippen LogP contribution in [-0.4, -0.2) is 30.5 Å². The van der Waals surface area contributed by atoms with Gasteiger partial charge in [-0.05, 0) is 37.5 Å². The fourth-order valence-electron chi connectivity index (χ4n) is 2.41. The maximum absolute atomic E-state index is 11.3. The number of nitrogens with zero attached hydrogens (tertiary/aromatic N) is 1. The van der Waals surface area contributed by atoms with Gasteiger partial charge < -0.3 is 9.64 Å². The number of piperidine rings is 1. The summed E-state index contributed by atoms with van der Waals surface area (Å²) in [6, 6.07) is 8.10. The van der Waals surface area contributed by atoms with Crippen LogP contribution in [0.5, 0.6) is 5.75 Å². The predicted molar refractivity (Wildman–Crippen MR) is 71.7 cm³/mol. The number of hydrogen-bond acceptors (Lipinski definition) is 2. The van der Waals surface area contributed by atoms with Gasteiger partial charge in [0.05, 0.1) is 6.61 Å². The molecule has 3 nitrogen and oxygen atoms in total. The average Bonchev–Trinajstić information content (AvgIpc) is 2.37. The lowest BCUT2D eigenvalue weighted by Gasteiger charge is -2.31. The fourth-order valence-corrected chi connectivity index (χ4v) is 2.41. The number of rotatable bonds is 3. The van der Waals surface area contributed by atoms with Gasteiger partial charge in [0.15, 0.2) is 0 Å². The normalized spacial score (nSPS) is 19.7. The number of carbonyl (C=O) groups excluding carboxylic acids is 1. The molecule has 1 amide bonds. The third-order valence-corrected chi connectivity index (χ3v) is 3.44. The smallest absolute Gasteiger partial charge is 0.219 e. The number of benzene rings is 1. The van der Waals surface area contributed by atoms with E-state index >= 15 is 0 Å². The molecular formula is C15H21NO2. The van der Waals surface area contributed by atoms with Crippen LogP contribution < -0.4 is 4.74 Å². The first-order valence-corrected chi connectivity index (χ1v) is 6.60. The molecule has 0 spiro atoms. The number of hydrogen-bond donors (Lipinski definition) is 0. The summed E-state index contributed by atoms with van der Waals surface area (Å²) in [5, 5.41) is 0. The topological polar surface area (TPSA) is 29.5 Å². The van der Waals surface area contributed by atoms with E-state index in [1.54, 1.807) is 6.92 Å². The van der Waals surface area contributed by atoms with Gasteiger partial charge in [0.2, 0.25) is 5.91 Å². The van der Waals surface area contributed by atoms with Gasteiger partial charge in [0, 0.05) is 25.9 Å². The summed E-state index contributed by atoms with van der Waals surface area (Å²) in [6.45, 7) is 6.14. The van der Waals surface area contributed by atoms with E-state index < -0.39 is 0 Å². The average molecular weight is 247 g/mol. The summed E-state index contributed by atoms with van der Waals surface area (Å²) in [5.74, 6) is 1.56. The minimum Gasteiger partial charge on any atom is -0.493 e. The molecule has 1 fully saturated rings. The first-order chi connectivity index (χ1) is 8.65. The van der Waals surface area contributed by atoms with Crippen molar-refractivity contribution in [3.63, 3.8) is 0 Å². The highest BCUT2D eigenvalue weighted by molar-refractivity contribution is 5.73. The molecule has 1 heterocycles. The lowest BCUT2D eigenvalue weighted by Crippen LogP contribution is -2.40. The van der Waals surface area contributed by atoms with E-state index in [1.165, 1.54) is 5.56 Å². The van der Waals surface area contributed by atoms with Crippen LogP contribution in [0.3, 0.4) is 0 Å². The lowest BCUT2D eigenvalue weighted by atomic mass is 9.99. The Morgan fingerprint density at radius 2 is 2.33 bits per heavy atom. The quantitative estimate of drug-likeness (QED) is 0.821. The summed E-state index contributed by atoms with van der Waals surface area (Å²) >= 11 is 0. The summed E-state index contributed by atoms with van der Waals surface area (Å²) in [5.41, 5.74) is 1.21. The largest absolute Gasteiger partial charge is 0.493 e. The first-order valence-electron chi connectivity index (χ1n) is 6.60. The highest BCUT2D eigenvalue weighted by atomic mass is 16.5.